The van der Waals surface area contributed by atoms with Crippen LogP contribution in [0.2, 0.25) is 5.02 Å². The Kier molecular flexibility index (Phi) is 5.65. The molecule has 3 rings (SSSR count). The average Bonchev–Trinajstić information content (AvgIpc) is 3.08. The molecule has 3 aromatic rings. The van der Waals surface area contributed by atoms with Crippen LogP contribution in [0.4, 0.5) is 0 Å². The fourth-order valence-corrected chi connectivity index (χ4v) is 3.53. The van der Waals surface area contributed by atoms with Gasteiger partial charge in [-0.15, -0.1) is 11.3 Å². The highest BCUT2D eigenvalue weighted by Gasteiger charge is 2.13. The molecule has 5 nitrogen and oxygen atoms in total. The molecule has 0 atom stereocenters. The molecule has 1 heterocycles. The zero-order valence-corrected chi connectivity index (χ0v) is 15.2. The molecule has 1 aromatic heterocycles. The molecule has 1 amide bonds. The molecule has 0 aliphatic carbocycles. The van der Waals surface area contributed by atoms with Gasteiger partial charge in [0, 0.05) is 22.1 Å². The summed E-state index contributed by atoms with van der Waals surface area (Å²) in [4.78, 5) is 27.9. The first-order valence-corrected chi connectivity index (χ1v) is 9.03. The second-order valence-electron chi connectivity index (χ2n) is 5.48. The van der Waals surface area contributed by atoms with E-state index in [0.717, 1.165) is 10.6 Å². The molecule has 2 aromatic carbocycles. The van der Waals surface area contributed by atoms with Crippen LogP contribution in [0.3, 0.4) is 0 Å². The summed E-state index contributed by atoms with van der Waals surface area (Å²) in [7, 11) is 0. The van der Waals surface area contributed by atoms with Gasteiger partial charge < -0.3 is 10.5 Å². The summed E-state index contributed by atoms with van der Waals surface area (Å²) in [6, 6.07) is 14.2. The minimum Gasteiger partial charge on any atom is -0.460 e. The molecule has 0 saturated carbocycles. The Morgan fingerprint density at radius 1 is 1.12 bits per heavy atom. The number of hydrogen-bond acceptors (Lipinski definition) is 5. The number of aromatic nitrogens is 1. The van der Waals surface area contributed by atoms with Crippen LogP contribution in [0.5, 0.6) is 0 Å². The quantitative estimate of drug-likeness (QED) is 0.652. The molecule has 2 N–H and O–H groups in total. The number of esters is 1. The van der Waals surface area contributed by atoms with Crippen molar-refractivity contribution >= 4 is 34.8 Å². The third-order valence-corrected chi connectivity index (χ3v) is 4.91. The standard InChI is InChI=1S/C19H15ClN2O3S/c20-16-8-4-3-7-15(16)19-22-13(11-26-19)9-17(23)25-10-12-5-1-2-6-14(12)18(21)24/h1-8,11H,9-10H2,(H2,21,24). The number of hydrogen-bond donors (Lipinski definition) is 1. The van der Waals surface area contributed by atoms with E-state index in [9.17, 15) is 9.59 Å². The van der Waals surface area contributed by atoms with Crippen molar-refractivity contribution in [3.8, 4) is 10.6 Å². The Morgan fingerprint density at radius 2 is 1.85 bits per heavy atom. The van der Waals surface area contributed by atoms with Crippen LogP contribution in [0.1, 0.15) is 21.6 Å². The number of nitrogens with zero attached hydrogens (tertiary/aromatic N) is 1. The van der Waals surface area contributed by atoms with E-state index in [4.69, 9.17) is 22.1 Å². The van der Waals surface area contributed by atoms with Crippen LogP contribution >= 0.6 is 22.9 Å². The molecule has 0 fully saturated rings. The number of primary amides is 1. The second kappa shape index (κ2) is 8.12. The number of carbonyl (C=O) groups excluding carboxylic acids is 2. The number of thiazole rings is 1. The molecule has 26 heavy (non-hydrogen) atoms. The molecule has 0 bridgehead atoms. The maximum absolute atomic E-state index is 12.1. The summed E-state index contributed by atoms with van der Waals surface area (Å²) < 4.78 is 5.25. The Balaban J connectivity index is 1.63. The van der Waals surface area contributed by atoms with E-state index in [1.165, 1.54) is 11.3 Å². The molecular formula is C19H15ClN2O3S. The summed E-state index contributed by atoms with van der Waals surface area (Å²) in [5.74, 6) is -0.985. The third kappa shape index (κ3) is 4.28. The lowest BCUT2D eigenvalue weighted by Crippen LogP contribution is -2.15. The van der Waals surface area contributed by atoms with Gasteiger partial charge >= 0.3 is 5.97 Å². The first kappa shape index (κ1) is 18.1. The van der Waals surface area contributed by atoms with E-state index < -0.39 is 11.9 Å². The van der Waals surface area contributed by atoms with Gasteiger partial charge in [-0.2, -0.15) is 0 Å². The summed E-state index contributed by atoms with van der Waals surface area (Å²) in [6.45, 7) is -0.0144. The van der Waals surface area contributed by atoms with Crippen molar-refractivity contribution in [3.63, 3.8) is 0 Å². The van der Waals surface area contributed by atoms with Gasteiger partial charge in [0.2, 0.25) is 5.91 Å². The normalized spacial score (nSPS) is 10.5. The van der Waals surface area contributed by atoms with Gasteiger partial charge in [0.1, 0.15) is 11.6 Å². The van der Waals surface area contributed by atoms with Gasteiger partial charge in [-0.1, -0.05) is 48.0 Å². The molecule has 0 saturated heterocycles. The minimum atomic E-state index is -0.555. The lowest BCUT2D eigenvalue weighted by molar-refractivity contribution is -0.144. The zero-order chi connectivity index (χ0) is 18.5. The number of ether oxygens (including phenoxy) is 1. The highest BCUT2D eigenvalue weighted by atomic mass is 35.5. The van der Waals surface area contributed by atoms with Crippen LogP contribution in [0.25, 0.3) is 10.6 Å². The van der Waals surface area contributed by atoms with Crippen LogP contribution in [0.15, 0.2) is 53.9 Å². The lowest BCUT2D eigenvalue weighted by atomic mass is 10.1. The van der Waals surface area contributed by atoms with E-state index in [-0.39, 0.29) is 13.0 Å². The smallest absolute Gasteiger partial charge is 0.312 e. The van der Waals surface area contributed by atoms with Crippen molar-refractivity contribution in [2.75, 3.05) is 0 Å². The molecule has 0 aliphatic heterocycles. The number of rotatable bonds is 6. The monoisotopic (exact) mass is 386 g/mol. The van der Waals surface area contributed by atoms with E-state index >= 15 is 0 Å². The number of amides is 1. The predicted octanol–water partition coefficient (Wildman–Crippen LogP) is 3.85. The van der Waals surface area contributed by atoms with Gasteiger partial charge in [0.25, 0.3) is 0 Å². The van der Waals surface area contributed by atoms with Gasteiger partial charge in [-0.25, -0.2) is 4.98 Å². The molecule has 132 valence electrons. The Hall–Kier alpha value is -2.70. The van der Waals surface area contributed by atoms with E-state index in [0.29, 0.717) is 21.8 Å². The zero-order valence-electron chi connectivity index (χ0n) is 13.6. The number of halogens is 1. The summed E-state index contributed by atoms with van der Waals surface area (Å²) >= 11 is 7.58. The molecule has 0 aliphatic rings. The van der Waals surface area contributed by atoms with Gasteiger partial charge in [0.05, 0.1) is 17.1 Å². The number of carbonyl (C=O) groups is 2. The highest BCUT2D eigenvalue weighted by molar-refractivity contribution is 7.13. The van der Waals surface area contributed by atoms with Crippen molar-refractivity contribution in [2.24, 2.45) is 5.73 Å². The number of benzene rings is 2. The number of nitrogens with two attached hydrogens (primary N) is 1. The first-order valence-electron chi connectivity index (χ1n) is 7.77. The van der Waals surface area contributed by atoms with Crippen molar-refractivity contribution in [1.29, 1.82) is 0 Å². The molecule has 7 heteroatoms. The topological polar surface area (TPSA) is 82.3 Å². The summed E-state index contributed by atoms with van der Waals surface area (Å²) in [5, 5.41) is 3.16. The lowest BCUT2D eigenvalue weighted by Gasteiger charge is -2.07. The van der Waals surface area contributed by atoms with Crippen molar-refractivity contribution in [3.05, 3.63) is 75.8 Å². The van der Waals surface area contributed by atoms with Crippen molar-refractivity contribution in [1.82, 2.24) is 4.98 Å². The summed E-state index contributed by atoms with van der Waals surface area (Å²) in [5.41, 5.74) is 7.67. The van der Waals surface area contributed by atoms with Crippen LogP contribution in [0, 0.1) is 0 Å². The maximum atomic E-state index is 12.1. The second-order valence-corrected chi connectivity index (χ2v) is 6.75. The molecule has 0 unspecified atom stereocenters. The van der Waals surface area contributed by atoms with Gasteiger partial charge in [-0.05, 0) is 12.1 Å². The van der Waals surface area contributed by atoms with Crippen LogP contribution in [-0.2, 0) is 22.6 Å². The van der Waals surface area contributed by atoms with Gasteiger partial charge in [-0.3, -0.25) is 9.59 Å². The fourth-order valence-electron chi connectivity index (χ4n) is 2.39. The Labute approximate surface area is 159 Å². The van der Waals surface area contributed by atoms with Crippen LogP contribution < -0.4 is 5.73 Å². The largest absolute Gasteiger partial charge is 0.460 e. The maximum Gasteiger partial charge on any atom is 0.312 e. The minimum absolute atomic E-state index is 0.0144. The SMILES string of the molecule is NC(=O)c1ccccc1COC(=O)Cc1csc(-c2ccccc2Cl)n1. The van der Waals surface area contributed by atoms with Crippen molar-refractivity contribution in [2.45, 2.75) is 13.0 Å². The Bertz CT molecular complexity index is 955. The molecule has 0 spiro atoms. The van der Waals surface area contributed by atoms with E-state index in [1.807, 2.05) is 18.2 Å². The molecular weight excluding hydrogens is 372 g/mol. The van der Waals surface area contributed by atoms with E-state index in [1.54, 1.807) is 35.7 Å². The Morgan fingerprint density at radius 3 is 2.62 bits per heavy atom. The molecule has 0 radical (unpaired) electrons. The first-order chi connectivity index (χ1) is 12.5. The van der Waals surface area contributed by atoms with Crippen molar-refractivity contribution < 1.29 is 14.3 Å². The average molecular weight is 387 g/mol. The third-order valence-electron chi connectivity index (χ3n) is 3.65. The summed E-state index contributed by atoms with van der Waals surface area (Å²) in [6.07, 6.45) is 0.0414. The fraction of sp³-hybridized carbons (Fsp3) is 0.105. The predicted molar refractivity (Wildman–Crippen MR) is 101 cm³/mol. The van der Waals surface area contributed by atoms with E-state index in [2.05, 4.69) is 4.98 Å². The van der Waals surface area contributed by atoms with Crippen LogP contribution in [-0.4, -0.2) is 16.9 Å². The highest BCUT2D eigenvalue weighted by Crippen LogP contribution is 2.30. The van der Waals surface area contributed by atoms with Gasteiger partial charge in [0.15, 0.2) is 0 Å².